The molecule has 0 radical (unpaired) electrons. The summed E-state index contributed by atoms with van der Waals surface area (Å²) in [5, 5.41) is 2.22. The molecule has 0 unspecified atom stereocenters. The zero-order chi connectivity index (χ0) is 10.7. The number of nitrogens with one attached hydrogen (secondary N) is 1. The highest BCUT2D eigenvalue weighted by molar-refractivity contribution is 5.94. The van der Waals surface area contributed by atoms with E-state index in [1.165, 1.54) is 0 Å². The van der Waals surface area contributed by atoms with Gasteiger partial charge in [-0.05, 0) is 6.92 Å². The van der Waals surface area contributed by atoms with E-state index in [-0.39, 0.29) is 6.54 Å². The monoisotopic (exact) mass is 203 g/mol. The number of rotatable bonds is 2. The van der Waals surface area contributed by atoms with E-state index in [9.17, 15) is 18.0 Å². The van der Waals surface area contributed by atoms with Gasteiger partial charge in [0.05, 0.1) is 0 Å². The van der Waals surface area contributed by atoms with Gasteiger partial charge in [-0.2, -0.15) is 0 Å². The van der Waals surface area contributed by atoms with E-state index in [4.69, 9.17) is 0 Å². The largest absolute Gasteiger partial charge is 0.352 e. The third-order valence-electron chi connectivity index (χ3n) is 1.57. The lowest BCUT2D eigenvalue weighted by Crippen LogP contribution is -2.25. The molecule has 0 fully saturated rings. The molecule has 1 aromatic carbocycles. The minimum absolute atomic E-state index is 0.245. The Hall–Kier alpha value is -1.52. The van der Waals surface area contributed by atoms with Crippen LogP contribution in [0.5, 0.6) is 0 Å². The van der Waals surface area contributed by atoms with Crippen molar-refractivity contribution in [1.82, 2.24) is 5.32 Å². The van der Waals surface area contributed by atoms with Gasteiger partial charge in [0.2, 0.25) is 0 Å². The predicted octanol–water partition coefficient (Wildman–Crippen LogP) is 1.85. The third kappa shape index (κ3) is 2.04. The topological polar surface area (TPSA) is 29.1 Å². The van der Waals surface area contributed by atoms with E-state index in [2.05, 4.69) is 5.32 Å². The zero-order valence-electron chi connectivity index (χ0n) is 7.40. The maximum absolute atomic E-state index is 12.9. The van der Waals surface area contributed by atoms with E-state index in [0.29, 0.717) is 12.1 Å². The average Bonchev–Trinajstić information content (AvgIpc) is 2.01. The van der Waals surface area contributed by atoms with Crippen LogP contribution < -0.4 is 5.32 Å². The number of carbonyl (C=O) groups is 1. The molecule has 76 valence electrons. The second-order valence-electron chi connectivity index (χ2n) is 2.60. The highest BCUT2D eigenvalue weighted by atomic mass is 19.1. The number of carbonyl (C=O) groups excluding carboxylic acids is 1. The molecule has 0 heterocycles. The molecule has 0 saturated carbocycles. The Morgan fingerprint density at radius 2 is 1.79 bits per heavy atom. The first-order chi connectivity index (χ1) is 6.56. The van der Waals surface area contributed by atoms with Crippen LogP contribution in [0.2, 0.25) is 0 Å². The number of hydrogen-bond acceptors (Lipinski definition) is 1. The van der Waals surface area contributed by atoms with Crippen LogP contribution in [0.1, 0.15) is 17.3 Å². The Morgan fingerprint density at radius 3 is 2.21 bits per heavy atom. The fourth-order valence-electron chi connectivity index (χ4n) is 1.01. The highest BCUT2D eigenvalue weighted by Crippen LogP contribution is 2.14. The van der Waals surface area contributed by atoms with Crippen molar-refractivity contribution < 1.29 is 18.0 Å². The van der Waals surface area contributed by atoms with Crippen molar-refractivity contribution in [3.05, 3.63) is 35.1 Å². The van der Waals surface area contributed by atoms with Gasteiger partial charge in [0, 0.05) is 18.7 Å². The molecule has 0 saturated heterocycles. The molecule has 2 nitrogen and oxygen atoms in total. The van der Waals surface area contributed by atoms with E-state index < -0.39 is 28.9 Å². The second kappa shape index (κ2) is 4.13. The smallest absolute Gasteiger partial charge is 0.257 e. The SMILES string of the molecule is CCNC(=O)c1c(F)cc(F)cc1F. The summed E-state index contributed by atoms with van der Waals surface area (Å²) in [6, 6.07) is 0.932. The molecule has 0 aliphatic heterocycles. The first-order valence-corrected chi connectivity index (χ1v) is 3.99. The van der Waals surface area contributed by atoms with Gasteiger partial charge in [0.15, 0.2) is 0 Å². The maximum atomic E-state index is 12.9. The van der Waals surface area contributed by atoms with E-state index in [1.54, 1.807) is 6.92 Å². The lowest BCUT2D eigenvalue weighted by molar-refractivity contribution is 0.0947. The summed E-state index contributed by atoms with van der Waals surface area (Å²) >= 11 is 0. The van der Waals surface area contributed by atoms with Gasteiger partial charge in [-0.1, -0.05) is 0 Å². The molecule has 0 aromatic heterocycles. The fraction of sp³-hybridized carbons (Fsp3) is 0.222. The number of benzene rings is 1. The molecule has 0 spiro atoms. The summed E-state index contributed by atoms with van der Waals surface area (Å²) in [5.41, 5.74) is -0.756. The molecule has 1 N–H and O–H groups in total. The Labute approximate surface area is 78.7 Å². The normalized spacial score (nSPS) is 10.0. The van der Waals surface area contributed by atoms with Crippen LogP contribution in [-0.4, -0.2) is 12.5 Å². The molecule has 0 bridgehead atoms. The third-order valence-corrected chi connectivity index (χ3v) is 1.57. The van der Waals surface area contributed by atoms with Gasteiger partial charge < -0.3 is 5.32 Å². The Balaban J connectivity index is 3.14. The van der Waals surface area contributed by atoms with Crippen molar-refractivity contribution in [3.63, 3.8) is 0 Å². The highest BCUT2D eigenvalue weighted by Gasteiger charge is 2.17. The number of hydrogen-bond donors (Lipinski definition) is 1. The molecule has 1 rings (SSSR count). The van der Waals surface area contributed by atoms with Crippen LogP contribution in [0.25, 0.3) is 0 Å². The molecular weight excluding hydrogens is 195 g/mol. The van der Waals surface area contributed by atoms with Gasteiger partial charge in [-0.25, -0.2) is 13.2 Å². The van der Waals surface area contributed by atoms with Crippen LogP contribution in [0.3, 0.4) is 0 Å². The summed E-state index contributed by atoms with van der Waals surface area (Å²) in [5.74, 6) is -4.34. The lowest BCUT2D eigenvalue weighted by atomic mass is 10.2. The molecule has 1 aromatic rings. The second-order valence-corrected chi connectivity index (χ2v) is 2.60. The van der Waals surface area contributed by atoms with Gasteiger partial charge in [-0.3, -0.25) is 4.79 Å². The minimum atomic E-state index is -1.20. The summed E-state index contributed by atoms with van der Waals surface area (Å²) < 4.78 is 38.3. The summed E-state index contributed by atoms with van der Waals surface area (Å²) in [4.78, 5) is 11.1. The molecule has 14 heavy (non-hydrogen) atoms. The fourth-order valence-corrected chi connectivity index (χ4v) is 1.01. The molecule has 0 aliphatic carbocycles. The van der Waals surface area contributed by atoms with Crippen LogP contribution in [0.4, 0.5) is 13.2 Å². The average molecular weight is 203 g/mol. The van der Waals surface area contributed by atoms with Crippen molar-refractivity contribution in [2.75, 3.05) is 6.54 Å². The van der Waals surface area contributed by atoms with Crippen molar-refractivity contribution in [3.8, 4) is 0 Å². The van der Waals surface area contributed by atoms with E-state index in [0.717, 1.165) is 0 Å². The van der Waals surface area contributed by atoms with Crippen molar-refractivity contribution in [2.45, 2.75) is 6.92 Å². The van der Waals surface area contributed by atoms with Crippen LogP contribution in [0, 0.1) is 17.5 Å². The first-order valence-electron chi connectivity index (χ1n) is 3.99. The molecule has 0 atom stereocenters. The predicted molar refractivity (Wildman–Crippen MR) is 44.3 cm³/mol. The van der Waals surface area contributed by atoms with Crippen LogP contribution in [0.15, 0.2) is 12.1 Å². The quantitative estimate of drug-likeness (QED) is 0.780. The molecule has 0 aliphatic rings. The van der Waals surface area contributed by atoms with E-state index in [1.807, 2.05) is 0 Å². The van der Waals surface area contributed by atoms with Crippen molar-refractivity contribution in [2.24, 2.45) is 0 Å². The van der Waals surface area contributed by atoms with Gasteiger partial charge in [-0.15, -0.1) is 0 Å². The maximum Gasteiger partial charge on any atom is 0.257 e. The number of amides is 1. The number of halogens is 3. The van der Waals surface area contributed by atoms with E-state index >= 15 is 0 Å². The lowest BCUT2D eigenvalue weighted by Gasteiger charge is -2.04. The van der Waals surface area contributed by atoms with Gasteiger partial charge in [0.25, 0.3) is 5.91 Å². The summed E-state index contributed by atoms with van der Waals surface area (Å²) in [7, 11) is 0. The van der Waals surface area contributed by atoms with Gasteiger partial charge in [0.1, 0.15) is 23.0 Å². The summed E-state index contributed by atoms with van der Waals surface area (Å²) in [6.07, 6.45) is 0. The molecular formula is C9H8F3NO. The Morgan fingerprint density at radius 1 is 1.29 bits per heavy atom. The Kier molecular flexibility index (Phi) is 3.11. The molecule has 1 amide bonds. The minimum Gasteiger partial charge on any atom is -0.352 e. The summed E-state index contributed by atoms with van der Waals surface area (Å²) in [6.45, 7) is 1.85. The van der Waals surface area contributed by atoms with Crippen molar-refractivity contribution >= 4 is 5.91 Å². The zero-order valence-corrected chi connectivity index (χ0v) is 7.40. The van der Waals surface area contributed by atoms with Crippen LogP contribution >= 0.6 is 0 Å². The first kappa shape index (κ1) is 10.6. The standard InChI is InChI=1S/C9H8F3NO/c1-2-13-9(14)8-6(11)3-5(10)4-7(8)12/h3-4H,2H2,1H3,(H,13,14). The van der Waals surface area contributed by atoms with Crippen molar-refractivity contribution in [1.29, 1.82) is 0 Å². The van der Waals surface area contributed by atoms with Gasteiger partial charge >= 0.3 is 0 Å². The Bertz CT molecular complexity index is 342. The molecule has 5 heteroatoms. The van der Waals surface area contributed by atoms with Crippen LogP contribution in [-0.2, 0) is 0 Å².